The molecule has 0 spiro atoms. The molecule has 0 radical (unpaired) electrons. The average molecular weight is 300 g/mol. The first-order valence-electron chi connectivity index (χ1n) is 7.19. The van der Waals surface area contributed by atoms with Crippen molar-refractivity contribution < 1.29 is 14.0 Å². The predicted molar refractivity (Wildman–Crippen MR) is 84.5 cm³/mol. The molecule has 1 heterocycles. The predicted octanol–water partition coefficient (Wildman–Crippen LogP) is 3.11. The number of rotatable bonds is 5. The van der Waals surface area contributed by atoms with E-state index in [4.69, 9.17) is 4.42 Å². The van der Waals surface area contributed by atoms with Gasteiger partial charge in [0, 0.05) is 23.7 Å². The lowest BCUT2D eigenvalue weighted by Gasteiger charge is -2.09. The molecule has 0 saturated heterocycles. The summed E-state index contributed by atoms with van der Waals surface area (Å²) in [4.78, 5) is 23.5. The van der Waals surface area contributed by atoms with E-state index in [1.807, 2.05) is 45.0 Å². The summed E-state index contributed by atoms with van der Waals surface area (Å²) < 4.78 is 5.14. The number of benzene rings is 1. The minimum Gasteiger partial charge on any atom is -0.459 e. The molecule has 22 heavy (non-hydrogen) atoms. The Morgan fingerprint density at radius 3 is 2.36 bits per heavy atom. The van der Waals surface area contributed by atoms with Gasteiger partial charge in [-0.05, 0) is 30.7 Å². The molecule has 0 fully saturated rings. The van der Waals surface area contributed by atoms with Gasteiger partial charge in [0.25, 0.3) is 5.91 Å². The van der Waals surface area contributed by atoms with Gasteiger partial charge in [0.05, 0.1) is 6.26 Å². The van der Waals surface area contributed by atoms with E-state index in [2.05, 4.69) is 10.6 Å². The second kappa shape index (κ2) is 6.93. The number of nitrogens with one attached hydrogen (secondary N) is 2. The fourth-order valence-electron chi connectivity index (χ4n) is 1.86. The van der Waals surface area contributed by atoms with E-state index in [1.165, 1.54) is 6.26 Å². The Labute approximate surface area is 129 Å². The first-order valence-corrected chi connectivity index (χ1v) is 7.19. The molecular weight excluding hydrogens is 280 g/mol. The number of amides is 2. The van der Waals surface area contributed by atoms with Crippen molar-refractivity contribution in [2.45, 2.75) is 27.3 Å². The SMILES string of the molecule is Cc1ccoc1C(=O)NCc1ccc(NC(=O)C(C)C)cc1. The van der Waals surface area contributed by atoms with Crippen LogP contribution in [-0.4, -0.2) is 11.8 Å². The number of carbonyl (C=O) groups excluding carboxylic acids is 2. The van der Waals surface area contributed by atoms with E-state index in [-0.39, 0.29) is 17.7 Å². The van der Waals surface area contributed by atoms with Crippen LogP contribution in [0.1, 0.15) is 35.5 Å². The summed E-state index contributed by atoms with van der Waals surface area (Å²) >= 11 is 0. The van der Waals surface area contributed by atoms with Crippen molar-refractivity contribution >= 4 is 17.5 Å². The average Bonchev–Trinajstić information content (AvgIpc) is 2.92. The third kappa shape index (κ3) is 3.97. The number of aryl methyl sites for hydroxylation is 1. The Hall–Kier alpha value is -2.56. The van der Waals surface area contributed by atoms with Gasteiger partial charge in [-0.15, -0.1) is 0 Å². The normalized spacial score (nSPS) is 10.5. The van der Waals surface area contributed by atoms with Gasteiger partial charge >= 0.3 is 0 Å². The molecule has 2 aromatic rings. The van der Waals surface area contributed by atoms with Crippen LogP contribution in [0.5, 0.6) is 0 Å². The lowest BCUT2D eigenvalue weighted by atomic mass is 10.1. The van der Waals surface area contributed by atoms with Crippen LogP contribution >= 0.6 is 0 Å². The van der Waals surface area contributed by atoms with Crippen molar-refractivity contribution in [2.24, 2.45) is 5.92 Å². The second-order valence-corrected chi connectivity index (χ2v) is 5.46. The molecule has 0 aliphatic carbocycles. The molecule has 0 atom stereocenters. The van der Waals surface area contributed by atoms with Crippen LogP contribution in [0.15, 0.2) is 41.0 Å². The van der Waals surface area contributed by atoms with E-state index in [0.29, 0.717) is 12.3 Å². The zero-order valence-corrected chi connectivity index (χ0v) is 13.0. The smallest absolute Gasteiger partial charge is 0.287 e. The second-order valence-electron chi connectivity index (χ2n) is 5.46. The fourth-order valence-corrected chi connectivity index (χ4v) is 1.86. The third-order valence-electron chi connectivity index (χ3n) is 3.27. The van der Waals surface area contributed by atoms with Crippen molar-refractivity contribution in [1.82, 2.24) is 5.32 Å². The summed E-state index contributed by atoms with van der Waals surface area (Å²) in [5.41, 5.74) is 2.50. The van der Waals surface area contributed by atoms with E-state index in [0.717, 1.165) is 16.8 Å². The van der Waals surface area contributed by atoms with Crippen molar-refractivity contribution in [3.05, 3.63) is 53.5 Å². The minimum atomic E-state index is -0.236. The third-order valence-corrected chi connectivity index (χ3v) is 3.27. The summed E-state index contributed by atoms with van der Waals surface area (Å²) in [6, 6.07) is 9.12. The van der Waals surface area contributed by atoms with Crippen LogP contribution in [0.3, 0.4) is 0 Å². The van der Waals surface area contributed by atoms with Crippen molar-refractivity contribution in [1.29, 1.82) is 0 Å². The van der Waals surface area contributed by atoms with Crippen LogP contribution < -0.4 is 10.6 Å². The molecule has 5 nitrogen and oxygen atoms in total. The first kappa shape index (κ1) is 15.8. The number of carbonyl (C=O) groups is 2. The van der Waals surface area contributed by atoms with Gasteiger partial charge in [-0.25, -0.2) is 0 Å². The maximum Gasteiger partial charge on any atom is 0.287 e. The Bertz CT molecular complexity index is 657. The van der Waals surface area contributed by atoms with Crippen molar-refractivity contribution in [3.63, 3.8) is 0 Å². The molecule has 2 rings (SSSR count). The van der Waals surface area contributed by atoms with Gasteiger partial charge in [-0.3, -0.25) is 9.59 Å². The highest BCUT2D eigenvalue weighted by atomic mass is 16.3. The highest BCUT2D eigenvalue weighted by molar-refractivity contribution is 5.93. The van der Waals surface area contributed by atoms with E-state index >= 15 is 0 Å². The minimum absolute atomic E-state index is 0.0191. The number of hydrogen-bond donors (Lipinski definition) is 2. The molecule has 0 bridgehead atoms. The lowest BCUT2D eigenvalue weighted by molar-refractivity contribution is -0.118. The zero-order valence-electron chi connectivity index (χ0n) is 13.0. The highest BCUT2D eigenvalue weighted by Gasteiger charge is 2.12. The van der Waals surface area contributed by atoms with Gasteiger partial charge in [-0.2, -0.15) is 0 Å². The fraction of sp³-hybridized carbons (Fsp3) is 0.294. The molecule has 0 saturated carbocycles. The van der Waals surface area contributed by atoms with E-state index in [1.54, 1.807) is 6.07 Å². The highest BCUT2D eigenvalue weighted by Crippen LogP contribution is 2.12. The summed E-state index contributed by atoms with van der Waals surface area (Å²) in [6.45, 7) is 5.91. The molecule has 1 aromatic heterocycles. The van der Waals surface area contributed by atoms with E-state index in [9.17, 15) is 9.59 Å². The summed E-state index contributed by atoms with van der Waals surface area (Å²) in [6.07, 6.45) is 1.50. The Morgan fingerprint density at radius 2 is 1.82 bits per heavy atom. The molecule has 0 aliphatic heterocycles. The number of furan rings is 1. The van der Waals surface area contributed by atoms with Crippen LogP contribution in [0.25, 0.3) is 0 Å². The van der Waals surface area contributed by atoms with Gasteiger partial charge in [0.1, 0.15) is 0 Å². The quantitative estimate of drug-likeness (QED) is 0.891. The molecule has 5 heteroatoms. The molecule has 2 amide bonds. The van der Waals surface area contributed by atoms with Crippen LogP contribution in [0.2, 0.25) is 0 Å². The zero-order chi connectivity index (χ0) is 16.1. The van der Waals surface area contributed by atoms with Gasteiger partial charge in [0.15, 0.2) is 5.76 Å². The monoisotopic (exact) mass is 300 g/mol. The Morgan fingerprint density at radius 1 is 1.14 bits per heavy atom. The van der Waals surface area contributed by atoms with Crippen molar-refractivity contribution in [3.8, 4) is 0 Å². The molecular formula is C17H20N2O3. The number of anilines is 1. The summed E-state index contributed by atoms with van der Waals surface area (Å²) in [5, 5.41) is 5.62. The maximum absolute atomic E-state index is 11.9. The molecule has 0 aliphatic rings. The largest absolute Gasteiger partial charge is 0.459 e. The maximum atomic E-state index is 11.9. The lowest BCUT2D eigenvalue weighted by Crippen LogP contribution is -2.23. The molecule has 1 aromatic carbocycles. The van der Waals surface area contributed by atoms with Crippen LogP contribution in [-0.2, 0) is 11.3 Å². The summed E-state index contributed by atoms with van der Waals surface area (Å²) in [5.74, 6) is 0.0188. The van der Waals surface area contributed by atoms with Crippen LogP contribution in [0.4, 0.5) is 5.69 Å². The number of hydrogen-bond acceptors (Lipinski definition) is 3. The Balaban J connectivity index is 1.90. The summed E-state index contributed by atoms with van der Waals surface area (Å²) in [7, 11) is 0. The molecule has 0 unspecified atom stereocenters. The topological polar surface area (TPSA) is 71.3 Å². The molecule has 116 valence electrons. The Kier molecular flexibility index (Phi) is 4.99. The molecule has 2 N–H and O–H groups in total. The van der Waals surface area contributed by atoms with Crippen molar-refractivity contribution in [2.75, 3.05) is 5.32 Å². The van der Waals surface area contributed by atoms with Crippen LogP contribution in [0, 0.1) is 12.8 Å². The van der Waals surface area contributed by atoms with E-state index < -0.39 is 0 Å². The van der Waals surface area contributed by atoms with Gasteiger partial charge < -0.3 is 15.1 Å². The van der Waals surface area contributed by atoms with Gasteiger partial charge in [0.2, 0.25) is 5.91 Å². The first-order chi connectivity index (χ1) is 10.5. The standard InChI is InChI=1S/C17H20N2O3/c1-11(2)16(20)19-14-6-4-13(5-7-14)10-18-17(21)15-12(3)8-9-22-15/h4-9,11H,10H2,1-3H3,(H,18,21)(H,19,20). The van der Waals surface area contributed by atoms with Gasteiger partial charge in [-0.1, -0.05) is 26.0 Å².